The van der Waals surface area contributed by atoms with Gasteiger partial charge in [-0.1, -0.05) is 65.3 Å². The van der Waals surface area contributed by atoms with Crippen LogP contribution in [-0.2, 0) is 0 Å². The highest BCUT2D eigenvalue weighted by molar-refractivity contribution is 5.28. The van der Waals surface area contributed by atoms with Crippen molar-refractivity contribution >= 4 is 0 Å². The zero-order valence-electron chi connectivity index (χ0n) is 22.7. The molecule has 0 aromatic carbocycles. The summed E-state index contributed by atoms with van der Waals surface area (Å²) < 4.78 is 0. The van der Waals surface area contributed by atoms with Gasteiger partial charge in [0.2, 0.25) is 0 Å². The Kier molecular flexibility index (Phi) is 6.80. The predicted molar refractivity (Wildman–Crippen MR) is 139 cm³/mol. The molecule has 4 aliphatic rings. The van der Waals surface area contributed by atoms with Gasteiger partial charge in [-0.25, -0.2) is 0 Å². The smallest absolute Gasteiger partial charge is 0.0757 e. The second-order valence-corrected chi connectivity index (χ2v) is 14.3. The maximum Gasteiger partial charge on any atom is 0.0757 e. The molecule has 0 bridgehead atoms. The molecule has 0 saturated heterocycles. The van der Waals surface area contributed by atoms with Gasteiger partial charge in [-0.05, 0) is 116 Å². The molecule has 3 fully saturated rings. The van der Waals surface area contributed by atoms with E-state index in [9.17, 15) is 10.2 Å². The van der Waals surface area contributed by atoms with Crippen LogP contribution in [0.15, 0.2) is 23.8 Å². The molecule has 2 N–H and O–H groups in total. The van der Waals surface area contributed by atoms with Crippen LogP contribution in [0, 0.1) is 51.8 Å². The first-order valence-electron chi connectivity index (χ1n) is 14.0. The van der Waals surface area contributed by atoms with Gasteiger partial charge in [0, 0.05) is 0 Å². The molecule has 0 amide bonds. The van der Waals surface area contributed by atoms with Crippen molar-refractivity contribution in [3.63, 3.8) is 0 Å². The Morgan fingerprint density at radius 1 is 1.06 bits per heavy atom. The van der Waals surface area contributed by atoms with Gasteiger partial charge in [0.15, 0.2) is 0 Å². The zero-order valence-corrected chi connectivity index (χ0v) is 22.7. The van der Waals surface area contributed by atoms with Crippen LogP contribution in [0.4, 0.5) is 0 Å². The molecule has 188 valence electrons. The first kappa shape index (κ1) is 25.5. The van der Waals surface area contributed by atoms with Crippen molar-refractivity contribution in [2.24, 2.45) is 51.8 Å². The van der Waals surface area contributed by atoms with E-state index >= 15 is 0 Å². The van der Waals surface area contributed by atoms with Crippen LogP contribution < -0.4 is 0 Å². The molecule has 3 saturated carbocycles. The Bertz CT molecular complexity index is 774. The number of aliphatic hydroxyl groups excluding tert-OH is 2. The van der Waals surface area contributed by atoms with Crippen molar-refractivity contribution in [1.82, 2.24) is 0 Å². The lowest BCUT2D eigenvalue weighted by Crippen LogP contribution is -2.55. The van der Waals surface area contributed by atoms with Gasteiger partial charge in [-0.3, -0.25) is 0 Å². The average Bonchev–Trinajstić information content (AvgIpc) is 3.05. The number of aliphatic hydroxyl groups is 2. The van der Waals surface area contributed by atoms with E-state index in [0.717, 1.165) is 31.1 Å². The van der Waals surface area contributed by atoms with Crippen molar-refractivity contribution in [3.05, 3.63) is 23.8 Å². The highest BCUT2D eigenvalue weighted by atomic mass is 16.3. The summed E-state index contributed by atoms with van der Waals surface area (Å²) in [5.74, 6) is 3.72. The molecule has 0 aromatic heterocycles. The molecule has 0 radical (unpaired) electrons. The highest BCUT2D eigenvalue weighted by Gasteiger charge is 2.61. The van der Waals surface area contributed by atoms with Gasteiger partial charge in [0.05, 0.1) is 12.2 Å². The Balaban J connectivity index is 1.51. The molecule has 0 heterocycles. The Labute approximate surface area is 204 Å². The first-order chi connectivity index (χ1) is 15.3. The minimum Gasteiger partial charge on any atom is -0.393 e. The molecular weight excluding hydrogens is 404 g/mol. The predicted octanol–water partition coefficient (Wildman–Crippen LogP) is 7.55. The lowest BCUT2D eigenvalue weighted by molar-refractivity contribution is -0.0972. The third-order valence-corrected chi connectivity index (χ3v) is 11.4. The van der Waals surface area contributed by atoms with E-state index in [1.807, 2.05) is 0 Å². The summed E-state index contributed by atoms with van der Waals surface area (Å²) >= 11 is 0. The van der Waals surface area contributed by atoms with Crippen LogP contribution >= 0.6 is 0 Å². The maximum absolute atomic E-state index is 11.4. The molecule has 4 aliphatic carbocycles. The number of rotatable bonds is 5. The van der Waals surface area contributed by atoms with E-state index in [1.165, 1.54) is 49.7 Å². The number of hydrogen-bond donors (Lipinski definition) is 2. The van der Waals surface area contributed by atoms with Gasteiger partial charge in [0.25, 0.3) is 0 Å². The van der Waals surface area contributed by atoms with Crippen LogP contribution in [0.2, 0.25) is 0 Å². The minimum absolute atomic E-state index is 0.190. The third kappa shape index (κ3) is 4.31. The maximum atomic E-state index is 11.4. The first-order valence-corrected chi connectivity index (χ1v) is 14.0. The molecule has 0 unspecified atom stereocenters. The van der Waals surface area contributed by atoms with Crippen LogP contribution in [0.3, 0.4) is 0 Å². The van der Waals surface area contributed by atoms with Crippen LogP contribution in [0.1, 0.15) is 106 Å². The normalized spacial score (nSPS) is 44.8. The Hall–Kier alpha value is -0.600. The molecule has 0 aromatic rings. The summed E-state index contributed by atoms with van der Waals surface area (Å²) in [6, 6.07) is 0. The van der Waals surface area contributed by atoms with E-state index in [0.29, 0.717) is 29.1 Å². The van der Waals surface area contributed by atoms with Gasteiger partial charge in [-0.2, -0.15) is 0 Å². The summed E-state index contributed by atoms with van der Waals surface area (Å²) in [5, 5.41) is 21.7. The molecule has 4 rings (SSSR count). The summed E-state index contributed by atoms with van der Waals surface area (Å²) in [6.45, 7) is 21.2. The van der Waals surface area contributed by atoms with E-state index in [4.69, 9.17) is 0 Å². The number of fused-ring (bicyclic) bond motifs is 5. The Morgan fingerprint density at radius 2 is 1.76 bits per heavy atom. The molecule has 0 aliphatic heterocycles. The van der Waals surface area contributed by atoms with Crippen LogP contribution in [0.25, 0.3) is 0 Å². The van der Waals surface area contributed by atoms with Crippen molar-refractivity contribution < 1.29 is 10.2 Å². The monoisotopic (exact) mass is 456 g/mol. The summed E-state index contributed by atoms with van der Waals surface area (Å²) in [5.41, 5.74) is 3.53. The average molecular weight is 457 g/mol. The lowest BCUT2D eigenvalue weighted by Gasteiger charge is -2.59. The molecule has 2 heteroatoms. The fraction of sp³-hybridized carbons (Fsp3) is 0.871. The highest BCUT2D eigenvalue weighted by Crippen LogP contribution is 2.67. The summed E-state index contributed by atoms with van der Waals surface area (Å²) in [4.78, 5) is 0. The van der Waals surface area contributed by atoms with Gasteiger partial charge < -0.3 is 10.2 Å². The van der Waals surface area contributed by atoms with Crippen molar-refractivity contribution in [2.45, 2.75) is 118 Å². The summed E-state index contributed by atoms with van der Waals surface area (Å²) in [6.07, 6.45) is 12.2. The quantitative estimate of drug-likeness (QED) is 0.419. The van der Waals surface area contributed by atoms with Gasteiger partial charge in [-0.15, -0.1) is 0 Å². The fourth-order valence-corrected chi connectivity index (χ4v) is 9.65. The van der Waals surface area contributed by atoms with Crippen molar-refractivity contribution in [3.8, 4) is 0 Å². The molecule has 33 heavy (non-hydrogen) atoms. The van der Waals surface area contributed by atoms with Gasteiger partial charge >= 0.3 is 0 Å². The SMILES string of the molecule is C=C(C)[C@@H](CC[C@@H](C)[C@H]1CC[C@H]2[C@@H]3[C@H](O)C=C4C[C@@H](O)CC[C@]4(C)[C@H]3CC[C@]12C)C(C)(C)C. The molecule has 10 atom stereocenters. The fourth-order valence-electron chi connectivity index (χ4n) is 9.65. The molecular formula is C31H52O2. The van der Waals surface area contributed by atoms with Crippen LogP contribution in [0.5, 0.6) is 0 Å². The number of allylic oxidation sites excluding steroid dienone is 1. The summed E-state index contributed by atoms with van der Waals surface area (Å²) in [7, 11) is 0. The third-order valence-electron chi connectivity index (χ3n) is 11.4. The van der Waals surface area contributed by atoms with E-state index in [1.54, 1.807) is 0 Å². The van der Waals surface area contributed by atoms with E-state index in [2.05, 4.69) is 61.1 Å². The largest absolute Gasteiger partial charge is 0.393 e. The standard InChI is InChI=1S/C31H52O2/c1-19(2)23(29(4,5)6)10-9-20(3)24-11-12-25-28-26(14-16-31(24,25)8)30(7)15-13-22(32)17-21(30)18-27(28)33/h18,20,22-28,32-33H,1,9-17H2,2-8H3/t20-,22+,23-,24-,25+,26+,27-,28+,30+,31-/m1/s1. The van der Waals surface area contributed by atoms with E-state index in [-0.39, 0.29) is 23.0 Å². The second kappa shape index (κ2) is 8.81. The topological polar surface area (TPSA) is 40.5 Å². The van der Waals surface area contributed by atoms with Gasteiger partial charge in [0.1, 0.15) is 0 Å². The van der Waals surface area contributed by atoms with Crippen LogP contribution in [-0.4, -0.2) is 22.4 Å². The molecule has 0 spiro atoms. The van der Waals surface area contributed by atoms with E-state index < -0.39 is 0 Å². The lowest BCUT2D eigenvalue weighted by atomic mass is 9.46. The number of hydrogen-bond acceptors (Lipinski definition) is 2. The molecule has 2 nitrogen and oxygen atoms in total. The van der Waals surface area contributed by atoms with Crippen molar-refractivity contribution in [2.75, 3.05) is 0 Å². The Morgan fingerprint density at radius 3 is 2.39 bits per heavy atom. The zero-order chi connectivity index (χ0) is 24.3. The second-order valence-electron chi connectivity index (χ2n) is 14.3. The minimum atomic E-state index is -0.323. The van der Waals surface area contributed by atoms with Crippen molar-refractivity contribution in [1.29, 1.82) is 0 Å².